The van der Waals surface area contributed by atoms with Crippen molar-refractivity contribution in [2.24, 2.45) is 0 Å². The van der Waals surface area contributed by atoms with Crippen molar-refractivity contribution >= 4 is 45.5 Å². The zero-order valence-corrected chi connectivity index (χ0v) is 13.6. The maximum Gasteiger partial charge on any atom is 0.413 e. The highest BCUT2D eigenvalue weighted by Gasteiger charge is 2.16. The Hall–Kier alpha value is -1.34. The van der Waals surface area contributed by atoms with Crippen molar-refractivity contribution in [3.8, 4) is 0 Å². The Morgan fingerprint density at radius 2 is 2.20 bits per heavy atom. The molecule has 1 amide bonds. The lowest BCUT2D eigenvalue weighted by atomic mass is 10.2. The zero-order valence-electron chi connectivity index (χ0n) is 11.9. The van der Waals surface area contributed by atoms with E-state index in [2.05, 4.69) is 10.3 Å². The lowest BCUT2D eigenvalue weighted by Gasteiger charge is -2.18. The van der Waals surface area contributed by atoms with Crippen molar-refractivity contribution in [3.05, 3.63) is 17.2 Å². The van der Waals surface area contributed by atoms with Gasteiger partial charge in [-0.1, -0.05) is 29.2 Å². The van der Waals surface area contributed by atoms with E-state index >= 15 is 0 Å². The smallest absolute Gasteiger partial charge is 0.413 e. The molecule has 0 saturated carbocycles. The Balaban J connectivity index is 2.47. The maximum atomic E-state index is 11.5. The fourth-order valence-corrected chi connectivity index (χ4v) is 2.30. The number of nitrogens with one attached hydrogen (secondary N) is 1. The van der Waals surface area contributed by atoms with Gasteiger partial charge in [0.25, 0.3) is 0 Å². The number of amides is 1. The molecule has 0 fully saturated rings. The van der Waals surface area contributed by atoms with Gasteiger partial charge in [0.05, 0.1) is 0 Å². The van der Waals surface area contributed by atoms with Gasteiger partial charge in [0.15, 0.2) is 10.2 Å². The van der Waals surface area contributed by atoms with Gasteiger partial charge in [0.1, 0.15) is 5.60 Å². The van der Waals surface area contributed by atoms with E-state index in [4.69, 9.17) is 4.74 Å². The minimum Gasteiger partial charge on any atom is -0.444 e. The summed E-state index contributed by atoms with van der Waals surface area (Å²) in [5.74, 6) is 0.627. The highest BCUT2D eigenvalue weighted by Crippen LogP contribution is 2.20. The van der Waals surface area contributed by atoms with Gasteiger partial charge in [0.2, 0.25) is 0 Å². The fourth-order valence-electron chi connectivity index (χ4n) is 1.14. The van der Waals surface area contributed by atoms with Crippen LogP contribution < -0.4 is 5.32 Å². The molecule has 0 radical (unpaired) electrons. The summed E-state index contributed by atoms with van der Waals surface area (Å²) < 4.78 is 5.13. The van der Waals surface area contributed by atoms with Crippen molar-refractivity contribution in [1.82, 2.24) is 4.98 Å². The molecule has 1 aromatic heterocycles. The van der Waals surface area contributed by atoms with Crippen LogP contribution in [0.2, 0.25) is 0 Å². The Morgan fingerprint density at radius 1 is 1.50 bits per heavy atom. The average molecular weight is 314 g/mol. The monoisotopic (exact) mass is 314 g/mol. The molecule has 0 spiro atoms. The van der Waals surface area contributed by atoms with Crippen molar-refractivity contribution in [2.75, 3.05) is 11.1 Å². The Kier molecular flexibility index (Phi) is 6.22. The molecule has 20 heavy (non-hydrogen) atoms. The first kappa shape index (κ1) is 16.7. The third-order valence-electron chi connectivity index (χ3n) is 1.80. The van der Waals surface area contributed by atoms with E-state index in [1.807, 2.05) is 12.2 Å². The first-order valence-corrected chi connectivity index (χ1v) is 7.82. The number of hydrogen-bond donors (Lipinski definition) is 1. The van der Waals surface area contributed by atoms with Crippen molar-refractivity contribution in [1.29, 1.82) is 0 Å². The minimum absolute atomic E-state index is 0.0891. The summed E-state index contributed by atoms with van der Waals surface area (Å²) in [7, 11) is 0. The molecule has 0 unspecified atom stereocenters. The molecule has 0 aliphatic heterocycles. The molecule has 0 aromatic carbocycles. The molecule has 110 valence electrons. The summed E-state index contributed by atoms with van der Waals surface area (Å²) in [6.45, 7) is 6.94. The summed E-state index contributed by atoms with van der Waals surface area (Å²) in [6.07, 6.45) is 4.89. The number of anilines is 1. The molecule has 1 rings (SSSR count). The highest BCUT2D eigenvalue weighted by atomic mass is 32.2. The number of ether oxygens (including phenoxy) is 1. The first-order chi connectivity index (χ1) is 9.26. The van der Waals surface area contributed by atoms with Crippen LogP contribution in [-0.4, -0.2) is 27.5 Å². The second-order valence-electron chi connectivity index (χ2n) is 4.90. The van der Waals surface area contributed by atoms with E-state index < -0.39 is 11.7 Å². The summed E-state index contributed by atoms with van der Waals surface area (Å²) in [4.78, 5) is 27.3. The number of aromatic nitrogens is 1. The molecule has 0 bridgehead atoms. The fraction of sp³-hybridized carbons (Fsp3) is 0.462. The number of carbonyl (C=O) groups excluding carboxylic acids is 2. The van der Waals surface area contributed by atoms with E-state index in [0.717, 1.165) is 4.88 Å². The van der Waals surface area contributed by atoms with Crippen LogP contribution in [0.25, 0.3) is 6.08 Å². The highest BCUT2D eigenvalue weighted by molar-refractivity contribution is 8.13. The normalized spacial score (nSPS) is 11.6. The van der Waals surface area contributed by atoms with Gasteiger partial charge in [-0.25, -0.2) is 9.78 Å². The number of thiazole rings is 1. The van der Waals surface area contributed by atoms with Gasteiger partial charge in [0, 0.05) is 23.8 Å². The van der Waals surface area contributed by atoms with Gasteiger partial charge in [-0.2, -0.15) is 0 Å². The molecule has 1 aromatic rings. The van der Waals surface area contributed by atoms with Gasteiger partial charge in [-0.15, -0.1) is 0 Å². The number of rotatable bonds is 4. The van der Waals surface area contributed by atoms with E-state index in [0.29, 0.717) is 10.9 Å². The second-order valence-corrected chi connectivity index (χ2v) is 7.16. The number of carbonyl (C=O) groups is 2. The van der Waals surface area contributed by atoms with Crippen LogP contribution in [0.15, 0.2) is 12.3 Å². The lowest BCUT2D eigenvalue weighted by molar-refractivity contribution is -0.109. The predicted octanol–water partition coefficient (Wildman–Crippen LogP) is 3.78. The molecule has 5 nitrogen and oxygen atoms in total. The summed E-state index contributed by atoms with van der Waals surface area (Å²) in [5.41, 5.74) is -0.534. The molecule has 0 aliphatic carbocycles. The third kappa shape index (κ3) is 7.30. The molecular weight excluding hydrogens is 296 g/mol. The molecule has 0 atom stereocenters. The Labute approximate surface area is 126 Å². The zero-order chi connectivity index (χ0) is 15.2. The Bertz CT molecular complexity index is 504. The van der Waals surface area contributed by atoms with Crippen molar-refractivity contribution in [3.63, 3.8) is 0 Å². The SMILES string of the molecule is CC(=O)SCC=Cc1cnc(NC(=O)OC(C)(C)C)s1. The third-order valence-corrected chi connectivity index (χ3v) is 3.44. The molecular formula is C13H18N2O3S2. The molecule has 1 heterocycles. The topological polar surface area (TPSA) is 68.3 Å². The molecule has 0 aliphatic rings. The molecule has 0 saturated heterocycles. The van der Waals surface area contributed by atoms with E-state index in [1.54, 1.807) is 27.0 Å². The largest absolute Gasteiger partial charge is 0.444 e. The number of thioether (sulfide) groups is 1. The van der Waals surface area contributed by atoms with Crippen LogP contribution in [-0.2, 0) is 9.53 Å². The van der Waals surface area contributed by atoms with Gasteiger partial charge < -0.3 is 4.74 Å². The first-order valence-electron chi connectivity index (χ1n) is 6.02. The van der Waals surface area contributed by atoms with Gasteiger partial charge >= 0.3 is 6.09 Å². The lowest BCUT2D eigenvalue weighted by Crippen LogP contribution is -2.27. The van der Waals surface area contributed by atoms with Crippen LogP contribution in [0.1, 0.15) is 32.6 Å². The maximum absolute atomic E-state index is 11.5. The molecule has 7 heteroatoms. The van der Waals surface area contributed by atoms with E-state index in [1.165, 1.54) is 30.0 Å². The predicted molar refractivity (Wildman–Crippen MR) is 84.1 cm³/mol. The molecule has 1 N–H and O–H groups in total. The average Bonchev–Trinajstić information content (AvgIpc) is 2.69. The van der Waals surface area contributed by atoms with E-state index in [9.17, 15) is 9.59 Å². The van der Waals surface area contributed by atoms with Gasteiger partial charge in [-0.3, -0.25) is 10.1 Å². The summed E-state index contributed by atoms with van der Waals surface area (Å²) >= 11 is 2.59. The van der Waals surface area contributed by atoms with Crippen molar-refractivity contribution < 1.29 is 14.3 Å². The van der Waals surface area contributed by atoms with Crippen LogP contribution in [0.5, 0.6) is 0 Å². The van der Waals surface area contributed by atoms with Crippen LogP contribution in [0, 0.1) is 0 Å². The number of hydrogen-bond acceptors (Lipinski definition) is 6. The van der Waals surface area contributed by atoms with E-state index in [-0.39, 0.29) is 5.12 Å². The quantitative estimate of drug-likeness (QED) is 0.916. The standard InChI is InChI=1S/C13H18N2O3S2/c1-9(16)19-7-5-6-10-8-14-11(20-10)15-12(17)18-13(2,3)4/h5-6,8H,7H2,1-4H3,(H,14,15,17). The van der Waals surface area contributed by atoms with Crippen LogP contribution in [0.4, 0.5) is 9.93 Å². The summed E-state index contributed by atoms with van der Waals surface area (Å²) in [5, 5.41) is 3.15. The Morgan fingerprint density at radius 3 is 2.80 bits per heavy atom. The number of nitrogens with zero attached hydrogens (tertiary/aromatic N) is 1. The minimum atomic E-state index is -0.534. The van der Waals surface area contributed by atoms with Gasteiger partial charge in [-0.05, 0) is 26.8 Å². The summed E-state index contributed by atoms with van der Waals surface area (Å²) in [6, 6.07) is 0. The van der Waals surface area contributed by atoms with Crippen LogP contribution in [0.3, 0.4) is 0 Å². The van der Waals surface area contributed by atoms with Crippen molar-refractivity contribution in [2.45, 2.75) is 33.3 Å². The van der Waals surface area contributed by atoms with Crippen LogP contribution >= 0.6 is 23.1 Å². The second kappa shape index (κ2) is 7.44.